The largest absolute Gasteiger partial charge is 0.326 e. The summed E-state index contributed by atoms with van der Waals surface area (Å²) >= 11 is 0. The maximum atomic E-state index is 12.0. The van der Waals surface area contributed by atoms with Crippen LogP contribution in [0, 0.1) is 0 Å². The van der Waals surface area contributed by atoms with Crippen LogP contribution in [0.5, 0.6) is 0 Å². The van der Waals surface area contributed by atoms with Crippen molar-refractivity contribution >= 4 is 23.2 Å². The molecule has 4 rings (SSSR count). The van der Waals surface area contributed by atoms with Crippen LogP contribution in [0.1, 0.15) is 24.0 Å². The van der Waals surface area contributed by atoms with Gasteiger partial charge in [0.05, 0.1) is 18.3 Å². The van der Waals surface area contributed by atoms with Gasteiger partial charge in [-0.25, -0.2) is 0 Å². The molecule has 3 aromatic rings. The van der Waals surface area contributed by atoms with Crippen molar-refractivity contribution in [2.45, 2.75) is 25.7 Å². The SMILES string of the molecule is O=C(CCCc1ccc(-c2ccc3c(c2)CC(=O)N3)cc1)Nc1cccnc1. The molecule has 5 nitrogen and oxygen atoms in total. The number of benzene rings is 2. The van der Waals surface area contributed by atoms with Gasteiger partial charge in [0, 0.05) is 18.3 Å². The van der Waals surface area contributed by atoms with Crippen molar-refractivity contribution in [3.63, 3.8) is 0 Å². The highest BCUT2D eigenvalue weighted by Gasteiger charge is 2.17. The number of aromatic nitrogens is 1. The number of hydrogen-bond acceptors (Lipinski definition) is 3. The molecule has 28 heavy (non-hydrogen) atoms. The highest BCUT2D eigenvalue weighted by atomic mass is 16.2. The lowest BCUT2D eigenvalue weighted by Gasteiger charge is -2.07. The van der Waals surface area contributed by atoms with E-state index < -0.39 is 0 Å². The quantitative estimate of drug-likeness (QED) is 0.682. The average molecular weight is 371 g/mol. The molecule has 2 N–H and O–H groups in total. The minimum Gasteiger partial charge on any atom is -0.326 e. The number of anilines is 2. The Hall–Kier alpha value is -3.47. The van der Waals surface area contributed by atoms with E-state index in [2.05, 4.69) is 45.9 Å². The fourth-order valence-electron chi connectivity index (χ4n) is 3.39. The summed E-state index contributed by atoms with van der Waals surface area (Å²) in [5.41, 5.74) is 6.12. The lowest BCUT2D eigenvalue weighted by Crippen LogP contribution is -2.11. The molecule has 1 aliphatic rings. The molecule has 0 aliphatic carbocycles. The maximum Gasteiger partial charge on any atom is 0.228 e. The molecule has 5 heteroatoms. The van der Waals surface area contributed by atoms with Gasteiger partial charge in [-0.3, -0.25) is 14.6 Å². The van der Waals surface area contributed by atoms with Crippen LogP contribution in [0.4, 0.5) is 11.4 Å². The highest BCUT2D eigenvalue weighted by Crippen LogP contribution is 2.29. The first-order valence-corrected chi connectivity index (χ1v) is 9.39. The van der Waals surface area contributed by atoms with Crippen LogP contribution in [-0.4, -0.2) is 16.8 Å². The average Bonchev–Trinajstić information content (AvgIpc) is 3.08. The Morgan fingerprint density at radius 2 is 1.89 bits per heavy atom. The third-order valence-corrected chi connectivity index (χ3v) is 4.83. The van der Waals surface area contributed by atoms with Crippen molar-refractivity contribution in [3.8, 4) is 11.1 Å². The number of hydrogen-bond donors (Lipinski definition) is 2. The van der Waals surface area contributed by atoms with Crippen LogP contribution < -0.4 is 10.6 Å². The Kier molecular flexibility index (Phi) is 5.15. The van der Waals surface area contributed by atoms with Crippen LogP contribution >= 0.6 is 0 Å². The molecule has 2 heterocycles. The smallest absolute Gasteiger partial charge is 0.228 e. The fourth-order valence-corrected chi connectivity index (χ4v) is 3.39. The minimum atomic E-state index is 0.00548. The molecule has 0 bridgehead atoms. The van der Waals surface area contributed by atoms with Gasteiger partial charge in [0.15, 0.2) is 0 Å². The van der Waals surface area contributed by atoms with Gasteiger partial charge in [-0.2, -0.15) is 0 Å². The summed E-state index contributed by atoms with van der Waals surface area (Å²) in [6.07, 6.45) is 5.88. The Balaban J connectivity index is 1.31. The molecular weight excluding hydrogens is 350 g/mol. The number of nitrogens with one attached hydrogen (secondary N) is 2. The second-order valence-electron chi connectivity index (χ2n) is 6.94. The zero-order valence-electron chi connectivity index (χ0n) is 15.4. The molecule has 140 valence electrons. The van der Waals surface area contributed by atoms with Gasteiger partial charge in [-0.1, -0.05) is 30.3 Å². The molecule has 0 atom stereocenters. The highest BCUT2D eigenvalue weighted by molar-refractivity contribution is 5.99. The van der Waals surface area contributed by atoms with E-state index in [-0.39, 0.29) is 11.8 Å². The molecule has 0 radical (unpaired) electrons. The van der Waals surface area contributed by atoms with Crippen LogP contribution in [0.25, 0.3) is 11.1 Å². The third kappa shape index (κ3) is 4.26. The summed E-state index contributed by atoms with van der Waals surface area (Å²) in [7, 11) is 0. The van der Waals surface area contributed by atoms with Gasteiger partial charge in [0.1, 0.15) is 0 Å². The summed E-state index contributed by atoms with van der Waals surface area (Å²) in [5, 5.41) is 5.71. The molecular formula is C23H21N3O2. The first-order chi connectivity index (χ1) is 13.7. The Morgan fingerprint density at radius 1 is 1.07 bits per heavy atom. The maximum absolute atomic E-state index is 12.0. The molecule has 2 amide bonds. The standard InChI is InChI=1S/C23H21N3O2/c27-22(25-20-4-2-12-24-15-20)5-1-3-16-6-8-17(9-7-16)18-10-11-21-19(13-18)14-23(28)26-21/h2,4,6-13,15H,1,3,5,14H2,(H,25,27)(H,26,28). The molecule has 1 aromatic heterocycles. The predicted octanol–water partition coefficient (Wildman–Crippen LogP) is 4.20. The van der Waals surface area contributed by atoms with Gasteiger partial charge in [-0.15, -0.1) is 0 Å². The zero-order valence-corrected chi connectivity index (χ0v) is 15.4. The van der Waals surface area contributed by atoms with Crippen molar-refractivity contribution in [2.24, 2.45) is 0 Å². The van der Waals surface area contributed by atoms with Crippen molar-refractivity contribution in [1.29, 1.82) is 0 Å². The topological polar surface area (TPSA) is 71.1 Å². The number of nitrogens with zero attached hydrogens (tertiary/aromatic N) is 1. The van der Waals surface area contributed by atoms with Crippen LogP contribution in [0.15, 0.2) is 67.0 Å². The number of carbonyl (C=O) groups excluding carboxylic acids is 2. The molecule has 0 saturated heterocycles. The predicted molar refractivity (Wildman–Crippen MR) is 110 cm³/mol. The monoisotopic (exact) mass is 371 g/mol. The number of pyridine rings is 1. The summed E-state index contributed by atoms with van der Waals surface area (Å²) < 4.78 is 0. The zero-order chi connectivity index (χ0) is 19.3. The normalized spacial score (nSPS) is 12.4. The van der Waals surface area contributed by atoms with Crippen LogP contribution in [0.3, 0.4) is 0 Å². The van der Waals surface area contributed by atoms with E-state index in [4.69, 9.17) is 0 Å². The van der Waals surface area contributed by atoms with Crippen molar-refractivity contribution < 1.29 is 9.59 Å². The summed E-state index contributed by atoms with van der Waals surface area (Å²) in [4.78, 5) is 27.5. The lowest BCUT2D eigenvalue weighted by molar-refractivity contribution is -0.116. The van der Waals surface area contributed by atoms with Gasteiger partial charge in [0.25, 0.3) is 0 Å². The van der Waals surface area contributed by atoms with Gasteiger partial charge >= 0.3 is 0 Å². The van der Waals surface area contributed by atoms with E-state index in [1.54, 1.807) is 18.5 Å². The molecule has 0 fully saturated rings. The van der Waals surface area contributed by atoms with Crippen molar-refractivity contribution in [3.05, 3.63) is 78.1 Å². The van der Waals surface area contributed by atoms with E-state index in [1.807, 2.05) is 18.2 Å². The summed E-state index contributed by atoms with van der Waals surface area (Å²) in [6.45, 7) is 0. The molecule has 0 saturated carbocycles. The lowest BCUT2D eigenvalue weighted by atomic mass is 9.99. The first-order valence-electron chi connectivity index (χ1n) is 9.39. The number of fused-ring (bicyclic) bond motifs is 1. The van der Waals surface area contributed by atoms with E-state index in [0.29, 0.717) is 12.8 Å². The molecule has 2 aromatic carbocycles. The number of amides is 2. The minimum absolute atomic E-state index is 0.00548. The van der Waals surface area contributed by atoms with E-state index in [1.165, 1.54) is 5.56 Å². The number of aryl methyl sites for hydroxylation is 1. The van der Waals surface area contributed by atoms with E-state index in [9.17, 15) is 9.59 Å². The second-order valence-corrected chi connectivity index (χ2v) is 6.94. The Morgan fingerprint density at radius 3 is 2.68 bits per heavy atom. The van der Waals surface area contributed by atoms with Gasteiger partial charge in [-0.05, 0) is 59.4 Å². The van der Waals surface area contributed by atoms with Crippen molar-refractivity contribution in [2.75, 3.05) is 10.6 Å². The van der Waals surface area contributed by atoms with Crippen LogP contribution in [-0.2, 0) is 22.4 Å². The van der Waals surface area contributed by atoms with E-state index >= 15 is 0 Å². The summed E-state index contributed by atoms with van der Waals surface area (Å²) in [5.74, 6) is 0.0565. The van der Waals surface area contributed by atoms with E-state index in [0.717, 1.165) is 40.9 Å². The van der Waals surface area contributed by atoms with Gasteiger partial charge < -0.3 is 10.6 Å². The van der Waals surface area contributed by atoms with Gasteiger partial charge in [0.2, 0.25) is 11.8 Å². The number of carbonyl (C=O) groups is 2. The van der Waals surface area contributed by atoms with Crippen LogP contribution in [0.2, 0.25) is 0 Å². The fraction of sp³-hybridized carbons (Fsp3) is 0.174. The number of rotatable bonds is 6. The third-order valence-electron chi connectivity index (χ3n) is 4.83. The Labute approximate surface area is 163 Å². The molecule has 0 unspecified atom stereocenters. The first kappa shape index (κ1) is 17.9. The van der Waals surface area contributed by atoms with Crippen molar-refractivity contribution in [1.82, 2.24) is 4.98 Å². The molecule has 1 aliphatic heterocycles. The Bertz CT molecular complexity index is 998. The second kappa shape index (κ2) is 8.05. The summed E-state index contributed by atoms with van der Waals surface area (Å²) in [6, 6.07) is 18.1. The molecule has 0 spiro atoms.